The predicted octanol–water partition coefficient (Wildman–Crippen LogP) is 14.1. The van der Waals surface area contributed by atoms with Crippen LogP contribution in [0.5, 0.6) is 0 Å². The molecule has 0 spiro atoms. The minimum absolute atomic E-state index is 0.0906. The molecule has 0 bridgehead atoms. The van der Waals surface area contributed by atoms with Gasteiger partial charge in [0.15, 0.2) is 0 Å². The lowest BCUT2D eigenvalue weighted by molar-refractivity contribution is -0.154. The van der Waals surface area contributed by atoms with E-state index < -0.39 is 0 Å². The van der Waals surface area contributed by atoms with E-state index in [1.54, 1.807) is 0 Å². The Hall–Kier alpha value is -1.35. The van der Waals surface area contributed by atoms with Crippen molar-refractivity contribution in [2.75, 3.05) is 14.1 Å². The van der Waals surface area contributed by atoms with Crippen LogP contribution in [-0.4, -0.2) is 37.1 Å². The maximum Gasteiger partial charge on any atom is 0.309 e. The quantitative estimate of drug-likeness (QED) is 0.0396. The molecule has 1 fully saturated rings. The normalized spacial score (nSPS) is 18.2. The summed E-state index contributed by atoms with van der Waals surface area (Å²) < 4.78 is 6.24. The van der Waals surface area contributed by atoms with Gasteiger partial charge in [-0.05, 0) is 116 Å². The molecule has 4 unspecified atom stereocenters. The van der Waals surface area contributed by atoms with Gasteiger partial charge in [0.25, 0.3) is 0 Å². The Morgan fingerprint density at radius 2 is 1.10 bits per heavy atom. The van der Waals surface area contributed by atoms with Crippen LogP contribution in [-0.2, 0) is 9.53 Å². The molecular formula is C45H83NO2. The van der Waals surface area contributed by atoms with Gasteiger partial charge in [-0.25, -0.2) is 0 Å². The molecule has 0 aromatic carbocycles. The van der Waals surface area contributed by atoms with Gasteiger partial charge in [-0.15, -0.1) is 0 Å². The number of allylic oxidation sites excluding steroid dienone is 6. The summed E-state index contributed by atoms with van der Waals surface area (Å²) in [6.45, 7) is 6.95. The Bertz CT molecular complexity index is 799. The standard InChI is InChI=1S/C45H83NO2/c1-6-8-10-11-12-13-14-15-16-17-18-19-22-25-28-32-36-44(48-45(47)42-38-39-43(40-42)46(4)5)37-33-29-26-23-20-21-24-27-31-35-41(3)34-30-9-7-2/h12-13,15-16,27,31,41-44H,6-11,14,17-26,28-30,32-40H2,1-5H3/b13-12-,16-15-,31-27-. The van der Waals surface area contributed by atoms with Crippen LogP contribution < -0.4 is 0 Å². The van der Waals surface area contributed by atoms with Crippen LogP contribution in [0.3, 0.4) is 0 Å². The Kier molecular flexibility index (Phi) is 30.6. The zero-order valence-corrected chi connectivity index (χ0v) is 33.0. The molecule has 0 aromatic rings. The molecule has 0 amide bonds. The maximum absolute atomic E-state index is 13.1. The molecule has 0 radical (unpaired) electrons. The minimum Gasteiger partial charge on any atom is -0.462 e. The van der Waals surface area contributed by atoms with Crippen molar-refractivity contribution in [1.29, 1.82) is 0 Å². The van der Waals surface area contributed by atoms with Crippen LogP contribution in [0.2, 0.25) is 0 Å². The number of hydrogen-bond acceptors (Lipinski definition) is 3. The number of carbonyl (C=O) groups excluding carboxylic acids is 1. The van der Waals surface area contributed by atoms with Crippen molar-refractivity contribution in [3.8, 4) is 0 Å². The van der Waals surface area contributed by atoms with E-state index in [1.807, 2.05) is 0 Å². The molecular weight excluding hydrogens is 587 g/mol. The fourth-order valence-corrected chi connectivity index (χ4v) is 7.17. The number of rotatable bonds is 33. The van der Waals surface area contributed by atoms with Crippen LogP contribution in [0, 0.1) is 11.8 Å². The van der Waals surface area contributed by atoms with E-state index >= 15 is 0 Å². The average molecular weight is 670 g/mol. The molecule has 1 aliphatic rings. The van der Waals surface area contributed by atoms with Gasteiger partial charge >= 0.3 is 5.97 Å². The molecule has 0 aromatic heterocycles. The summed E-state index contributed by atoms with van der Waals surface area (Å²) >= 11 is 0. The van der Waals surface area contributed by atoms with E-state index in [-0.39, 0.29) is 18.0 Å². The van der Waals surface area contributed by atoms with Crippen molar-refractivity contribution < 1.29 is 9.53 Å². The van der Waals surface area contributed by atoms with Crippen LogP contribution >= 0.6 is 0 Å². The predicted molar refractivity (Wildman–Crippen MR) is 213 cm³/mol. The van der Waals surface area contributed by atoms with E-state index in [1.165, 1.54) is 148 Å². The Labute approximate surface area is 301 Å². The zero-order chi connectivity index (χ0) is 34.9. The van der Waals surface area contributed by atoms with Gasteiger partial charge in [0.2, 0.25) is 0 Å². The maximum atomic E-state index is 13.1. The van der Waals surface area contributed by atoms with Crippen molar-refractivity contribution in [2.24, 2.45) is 11.8 Å². The van der Waals surface area contributed by atoms with E-state index in [9.17, 15) is 4.79 Å². The summed E-state index contributed by atoms with van der Waals surface area (Å²) in [5.41, 5.74) is 0. The molecule has 3 nitrogen and oxygen atoms in total. The second-order valence-electron chi connectivity index (χ2n) is 15.6. The summed E-state index contributed by atoms with van der Waals surface area (Å²) in [6.07, 6.45) is 50.6. The first-order valence-corrected chi connectivity index (χ1v) is 21.3. The third-order valence-electron chi connectivity index (χ3n) is 10.6. The van der Waals surface area contributed by atoms with Gasteiger partial charge in [0, 0.05) is 6.04 Å². The second-order valence-corrected chi connectivity index (χ2v) is 15.6. The van der Waals surface area contributed by atoms with Gasteiger partial charge in [-0.2, -0.15) is 0 Å². The van der Waals surface area contributed by atoms with Crippen LogP contribution in [0.1, 0.15) is 207 Å². The first kappa shape index (κ1) is 44.7. The SMILES string of the molecule is CCCCC/C=C\C/C=C\CCCCCCCCC(CCCCCCCC/C=C\CC(C)CCCCC)OC(=O)C1CCC(N(C)C)C1. The Morgan fingerprint density at radius 3 is 1.65 bits per heavy atom. The van der Waals surface area contributed by atoms with Gasteiger partial charge in [0.05, 0.1) is 5.92 Å². The smallest absolute Gasteiger partial charge is 0.309 e. The fourth-order valence-electron chi connectivity index (χ4n) is 7.17. The molecule has 4 atom stereocenters. The lowest BCUT2D eigenvalue weighted by Gasteiger charge is -2.21. The molecule has 48 heavy (non-hydrogen) atoms. The monoisotopic (exact) mass is 670 g/mol. The van der Waals surface area contributed by atoms with Gasteiger partial charge < -0.3 is 9.64 Å². The number of nitrogens with zero attached hydrogens (tertiary/aromatic N) is 1. The average Bonchev–Trinajstić information content (AvgIpc) is 3.58. The number of unbranched alkanes of at least 4 members (excludes halogenated alkanes) is 17. The largest absolute Gasteiger partial charge is 0.462 e. The zero-order valence-electron chi connectivity index (χ0n) is 33.0. The highest BCUT2D eigenvalue weighted by Crippen LogP contribution is 2.30. The number of carbonyl (C=O) groups is 1. The minimum atomic E-state index is 0.0906. The van der Waals surface area contributed by atoms with Crippen molar-refractivity contribution in [2.45, 2.75) is 219 Å². The molecule has 280 valence electrons. The van der Waals surface area contributed by atoms with Gasteiger partial charge in [0.1, 0.15) is 6.10 Å². The molecule has 1 saturated carbocycles. The van der Waals surface area contributed by atoms with Crippen molar-refractivity contribution in [3.63, 3.8) is 0 Å². The highest BCUT2D eigenvalue weighted by atomic mass is 16.5. The van der Waals surface area contributed by atoms with E-state index in [0.717, 1.165) is 44.4 Å². The van der Waals surface area contributed by atoms with E-state index in [2.05, 4.69) is 76.2 Å². The molecule has 0 saturated heterocycles. The highest BCUT2D eigenvalue weighted by Gasteiger charge is 2.33. The Morgan fingerprint density at radius 1 is 0.625 bits per heavy atom. The van der Waals surface area contributed by atoms with Crippen LogP contribution in [0.25, 0.3) is 0 Å². The highest BCUT2D eigenvalue weighted by molar-refractivity contribution is 5.73. The molecule has 0 heterocycles. The third-order valence-corrected chi connectivity index (χ3v) is 10.6. The van der Waals surface area contributed by atoms with Crippen molar-refractivity contribution in [3.05, 3.63) is 36.5 Å². The fraction of sp³-hybridized carbons (Fsp3) is 0.844. The van der Waals surface area contributed by atoms with E-state index in [0.29, 0.717) is 6.04 Å². The first-order valence-electron chi connectivity index (χ1n) is 21.3. The summed E-state index contributed by atoms with van der Waals surface area (Å²) in [4.78, 5) is 15.4. The number of esters is 1. The second kappa shape index (κ2) is 32.8. The molecule has 3 heteroatoms. The number of ether oxygens (including phenoxy) is 1. The summed E-state index contributed by atoms with van der Waals surface area (Å²) in [6, 6.07) is 0.531. The topological polar surface area (TPSA) is 29.5 Å². The van der Waals surface area contributed by atoms with Crippen LogP contribution in [0.15, 0.2) is 36.5 Å². The third kappa shape index (κ3) is 26.5. The first-order chi connectivity index (χ1) is 23.5. The van der Waals surface area contributed by atoms with Crippen LogP contribution in [0.4, 0.5) is 0 Å². The molecule has 1 rings (SSSR count). The Balaban J connectivity index is 2.22. The molecule has 1 aliphatic carbocycles. The molecule has 0 aliphatic heterocycles. The number of hydrogen-bond donors (Lipinski definition) is 0. The summed E-state index contributed by atoms with van der Waals surface area (Å²) in [7, 11) is 4.28. The van der Waals surface area contributed by atoms with Crippen molar-refractivity contribution >= 4 is 5.97 Å². The van der Waals surface area contributed by atoms with Gasteiger partial charge in [-0.3, -0.25) is 4.79 Å². The summed E-state index contributed by atoms with van der Waals surface area (Å²) in [5, 5.41) is 0. The van der Waals surface area contributed by atoms with Gasteiger partial charge in [-0.1, -0.05) is 147 Å². The molecule has 0 N–H and O–H groups in total. The summed E-state index contributed by atoms with van der Waals surface area (Å²) in [5.74, 6) is 1.03. The lowest BCUT2D eigenvalue weighted by atomic mass is 9.99. The van der Waals surface area contributed by atoms with E-state index in [4.69, 9.17) is 4.74 Å². The lowest BCUT2D eigenvalue weighted by Crippen LogP contribution is -2.27. The van der Waals surface area contributed by atoms with Crippen molar-refractivity contribution in [1.82, 2.24) is 4.90 Å².